The maximum absolute atomic E-state index is 12.2. The Labute approximate surface area is 165 Å². The molecular formula is C21H30F2O5. The van der Waals surface area contributed by atoms with Crippen molar-refractivity contribution in [2.45, 2.75) is 58.2 Å². The minimum Gasteiger partial charge on any atom is -0.435 e. The van der Waals surface area contributed by atoms with E-state index in [9.17, 15) is 8.78 Å². The smallest absolute Gasteiger partial charge is 0.387 e. The molecule has 0 amide bonds. The second kappa shape index (κ2) is 11.0. The third kappa shape index (κ3) is 6.65. The quantitative estimate of drug-likeness (QED) is 0.615. The molecule has 0 aliphatic carbocycles. The summed E-state index contributed by atoms with van der Waals surface area (Å²) in [4.78, 5) is 0. The molecule has 0 spiro atoms. The predicted molar refractivity (Wildman–Crippen MR) is 99.3 cm³/mol. The Hall–Kier alpha value is -1.28. The van der Waals surface area contributed by atoms with Crippen LogP contribution in [0, 0.1) is 11.8 Å². The van der Waals surface area contributed by atoms with Gasteiger partial charge < -0.3 is 23.7 Å². The molecule has 0 aromatic heterocycles. The van der Waals surface area contributed by atoms with E-state index in [1.165, 1.54) is 12.8 Å². The van der Waals surface area contributed by atoms with Crippen molar-refractivity contribution >= 4 is 0 Å². The maximum Gasteiger partial charge on any atom is 0.387 e. The number of hydrogen-bond donors (Lipinski definition) is 0. The minimum absolute atomic E-state index is 0.0918. The first-order valence-electron chi connectivity index (χ1n) is 10.1. The van der Waals surface area contributed by atoms with Gasteiger partial charge in [-0.15, -0.1) is 0 Å². The van der Waals surface area contributed by atoms with E-state index in [0.29, 0.717) is 25.6 Å². The highest BCUT2D eigenvalue weighted by Crippen LogP contribution is 2.26. The van der Waals surface area contributed by atoms with Crippen LogP contribution in [0.5, 0.6) is 5.75 Å². The summed E-state index contributed by atoms with van der Waals surface area (Å²) in [5, 5.41) is 0. The van der Waals surface area contributed by atoms with Crippen LogP contribution in [0.25, 0.3) is 0 Å². The molecule has 0 atom stereocenters. The van der Waals surface area contributed by atoms with Crippen molar-refractivity contribution < 1.29 is 32.5 Å². The van der Waals surface area contributed by atoms with Gasteiger partial charge in [0.2, 0.25) is 0 Å². The van der Waals surface area contributed by atoms with Gasteiger partial charge in [-0.2, -0.15) is 8.78 Å². The predicted octanol–water partition coefficient (Wildman–Crippen LogP) is 4.39. The molecule has 1 aromatic rings. The minimum atomic E-state index is -2.80. The summed E-state index contributed by atoms with van der Waals surface area (Å²) in [6.07, 6.45) is 4.47. The van der Waals surface area contributed by atoms with E-state index in [1.54, 1.807) is 24.3 Å². The van der Waals surface area contributed by atoms with Crippen molar-refractivity contribution in [3.63, 3.8) is 0 Å². The molecule has 0 N–H and O–H groups in total. The molecule has 2 heterocycles. The summed E-state index contributed by atoms with van der Waals surface area (Å²) >= 11 is 0. The Kier molecular flexibility index (Phi) is 8.45. The molecule has 1 aromatic carbocycles. The van der Waals surface area contributed by atoms with Crippen molar-refractivity contribution in [1.29, 1.82) is 0 Å². The highest BCUT2D eigenvalue weighted by molar-refractivity contribution is 5.27. The van der Waals surface area contributed by atoms with Crippen molar-refractivity contribution in [2.24, 2.45) is 11.8 Å². The molecule has 2 fully saturated rings. The fourth-order valence-corrected chi connectivity index (χ4v) is 3.49. The second-order valence-corrected chi connectivity index (χ2v) is 7.46. The van der Waals surface area contributed by atoms with Gasteiger partial charge in [-0.3, -0.25) is 0 Å². The lowest BCUT2D eigenvalue weighted by atomic mass is 10.0. The third-order valence-electron chi connectivity index (χ3n) is 5.15. The van der Waals surface area contributed by atoms with Gasteiger partial charge in [-0.05, 0) is 30.5 Å². The zero-order valence-electron chi connectivity index (χ0n) is 16.4. The lowest BCUT2D eigenvalue weighted by molar-refractivity contribution is -0.281. The first-order valence-corrected chi connectivity index (χ1v) is 10.1. The molecule has 0 bridgehead atoms. The van der Waals surface area contributed by atoms with Crippen LogP contribution in [-0.4, -0.2) is 45.6 Å². The highest BCUT2D eigenvalue weighted by atomic mass is 19.3. The van der Waals surface area contributed by atoms with Gasteiger partial charge in [0.05, 0.1) is 32.3 Å². The van der Waals surface area contributed by atoms with Crippen molar-refractivity contribution in [3.05, 3.63) is 29.8 Å². The van der Waals surface area contributed by atoms with Crippen LogP contribution >= 0.6 is 0 Å². The Balaban J connectivity index is 1.33. The van der Waals surface area contributed by atoms with E-state index in [1.807, 2.05) is 0 Å². The molecule has 0 saturated carbocycles. The fraction of sp³-hybridized carbons (Fsp3) is 0.714. The Morgan fingerprint density at radius 1 is 0.964 bits per heavy atom. The third-order valence-corrected chi connectivity index (χ3v) is 5.15. The second-order valence-electron chi connectivity index (χ2n) is 7.46. The van der Waals surface area contributed by atoms with Crippen LogP contribution in [-0.2, 0) is 25.4 Å². The van der Waals surface area contributed by atoms with Crippen LogP contribution in [0.2, 0.25) is 0 Å². The van der Waals surface area contributed by atoms with E-state index >= 15 is 0 Å². The fourth-order valence-electron chi connectivity index (χ4n) is 3.49. The molecular weight excluding hydrogens is 370 g/mol. The molecule has 7 heteroatoms. The summed E-state index contributed by atoms with van der Waals surface area (Å²) in [6, 6.07) is 6.65. The van der Waals surface area contributed by atoms with Crippen molar-refractivity contribution in [3.8, 4) is 5.75 Å². The summed E-state index contributed by atoms with van der Waals surface area (Å²) in [5.74, 6) is 0.747. The van der Waals surface area contributed by atoms with Crippen LogP contribution in [0.1, 0.15) is 38.2 Å². The standard InChI is InChI=1S/C21H30F2O5/c1-2-3-4-16-11-26-20(27-12-16)17-13-24-19(25-14-17)10-7-15-5-8-18(9-6-15)28-21(22)23/h5-6,8-9,16-17,19-21H,2-4,7,10-14H2,1H3/t16-,17-,19-,20-. The average molecular weight is 400 g/mol. The molecule has 28 heavy (non-hydrogen) atoms. The van der Waals surface area contributed by atoms with Crippen molar-refractivity contribution in [2.75, 3.05) is 26.4 Å². The Morgan fingerprint density at radius 3 is 2.25 bits per heavy atom. The number of aryl methyl sites for hydroxylation is 1. The summed E-state index contributed by atoms with van der Waals surface area (Å²) in [5.41, 5.74) is 1.02. The highest BCUT2D eigenvalue weighted by Gasteiger charge is 2.33. The zero-order valence-corrected chi connectivity index (χ0v) is 16.4. The monoisotopic (exact) mass is 400 g/mol. The van der Waals surface area contributed by atoms with E-state index in [-0.39, 0.29) is 24.2 Å². The number of rotatable bonds is 9. The molecule has 2 aliphatic heterocycles. The lowest BCUT2D eigenvalue weighted by Gasteiger charge is -2.37. The molecule has 0 radical (unpaired) electrons. The van der Waals surface area contributed by atoms with Crippen LogP contribution < -0.4 is 4.74 Å². The summed E-state index contributed by atoms with van der Waals surface area (Å²) in [7, 11) is 0. The average Bonchev–Trinajstić information content (AvgIpc) is 2.72. The van der Waals surface area contributed by atoms with E-state index in [4.69, 9.17) is 18.9 Å². The number of hydrogen-bond acceptors (Lipinski definition) is 5. The van der Waals surface area contributed by atoms with E-state index in [0.717, 1.165) is 31.6 Å². The summed E-state index contributed by atoms with van der Waals surface area (Å²) in [6.45, 7) is 1.98. The summed E-state index contributed by atoms with van der Waals surface area (Å²) < 4.78 is 52.1. The van der Waals surface area contributed by atoms with Gasteiger partial charge in [0.25, 0.3) is 0 Å². The van der Waals surface area contributed by atoms with Gasteiger partial charge in [-0.25, -0.2) is 0 Å². The Bertz CT molecular complexity index is 552. The molecule has 0 unspecified atom stereocenters. The van der Waals surface area contributed by atoms with Crippen LogP contribution in [0.4, 0.5) is 8.78 Å². The number of halogens is 2. The first kappa shape index (κ1) is 21.4. The molecule has 158 valence electrons. The first-order chi connectivity index (χ1) is 13.6. The largest absolute Gasteiger partial charge is 0.435 e. The van der Waals surface area contributed by atoms with Crippen LogP contribution in [0.15, 0.2) is 24.3 Å². The molecule has 2 saturated heterocycles. The number of benzene rings is 1. The normalized spacial score (nSPS) is 28.4. The van der Waals surface area contributed by atoms with E-state index < -0.39 is 6.61 Å². The SMILES string of the molecule is CCCC[C@H]1CO[C@H]([C@H]2CO[C@H](CCc3ccc(OC(F)F)cc3)OC2)OC1. The molecule has 5 nitrogen and oxygen atoms in total. The zero-order chi connectivity index (χ0) is 19.8. The number of alkyl halides is 2. The van der Waals surface area contributed by atoms with Crippen LogP contribution in [0.3, 0.4) is 0 Å². The van der Waals surface area contributed by atoms with Crippen molar-refractivity contribution in [1.82, 2.24) is 0 Å². The van der Waals surface area contributed by atoms with Gasteiger partial charge in [0.1, 0.15) is 5.75 Å². The van der Waals surface area contributed by atoms with E-state index in [2.05, 4.69) is 11.7 Å². The van der Waals surface area contributed by atoms with Gasteiger partial charge in [0, 0.05) is 12.3 Å². The Morgan fingerprint density at radius 2 is 1.64 bits per heavy atom. The molecule has 3 rings (SSSR count). The lowest BCUT2D eigenvalue weighted by Crippen LogP contribution is -2.44. The maximum atomic E-state index is 12.2. The topological polar surface area (TPSA) is 46.2 Å². The van der Waals surface area contributed by atoms with Gasteiger partial charge in [-0.1, -0.05) is 31.9 Å². The number of ether oxygens (including phenoxy) is 5. The van der Waals surface area contributed by atoms with Gasteiger partial charge >= 0.3 is 6.61 Å². The molecule has 2 aliphatic rings. The number of unbranched alkanes of at least 4 members (excludes halogenated alkanes) is 1. The van der Waals surface area contributed by atoms with Gasteiger partial charge in [0.15, 0.2) is 12.6 Å².